The second-order valence-corrected chi connectivity index (χ2v) is 8.84. The first-order chi connectivity index (χ1) is 15.7. The van der Waals surface area contributed by atoms with Gasteiger partial charge in [0.1, 0.15) is 21.8 Å². The largest absolute Gasteiger partial charge is 0.454 e. The van der Waals surface area contributed by atoms with Gasteiger partial charge < -0.3 is 19.8 Å². The summed E-state index contributed by atoms with van der Waals surface area (Å²) in [6.07, 6.45) is 3.00. The van der Waals surface area contributed by atoms with Gasteiger partial charge in [-0.05, 0) is 50.7 Å². The third-order valence-electron chi connectivity index (χ3n) is 4.37. The Hall–Kier alpha value is -2.86. The molecule has 0 bridgehead atoms. The number of furan rings is 1. The molecule has 3 aromatic heterocycles. The van der Waals surface area contributed by atoms with E-state index >= 15 is 0 Å². The predicted molar refractivity (Wildman–Crippen MR) is 125 cm³/mol. The Morgan fingerprint density at radius 2 is 1.85 bits per heavy atom. The smallest absolute Gasteiger partial charge is 0.404 e. The third-order valence-corrected chi connectivity index (χ3v) is 5.79. The zero-order chi connectivity index (χ0) is 23.7. The standard InChI is InChI=1S/C19H12BrCl3N6O4/c20-13-8-28(26-18(13)29(31)32)7-12-3-4-16(33-12)19(30)24-17-15(23)9-27(25-17)6-10-1-2-11(21)5-14(10)22/h1-5,8-9H,6-7H2,(H,24,25,30). The second-order valence-electron chi connectivity index (χ2n) is 6.73. The lowest BCUT2D eigenvalue weighted by Crippen LogP contribution is -2.12. The molecule has 33 heavy (non-hydrogen) atoms. The highest BCUT2D eigenvalue weighted by Crippen LogP contribution is 2.25. The highest BCUT2D eigenvalue weighted by molar-refractivity contribution is 9.10. The average Bonchev–Trinajstić information content (AvgIpc) is 3.44. The number of carbonyl (C=O) groups is 1. The maximum absolute atomic E-state index is 12.6. The van der Waals surface area contributed by atoms with Crippen LogP contribution in [0, 0.1) is 10.1 Å². The summed E-state index contributed by atoms with van der Waals surface area (Å²) < 4.78 is 8.63. The monoisotopic (exact) mass is 572 g/mol. The number of hydrogen-bond donors (Lipinski definition) is 1. The minimum Gasteiger partial charge on any atom is -0.454 e. The van der Waals surface area contributed by atoms with Crippen LogP contribution in [0.2, 0.25) is 15.1 Å². The van der Waals surface area contributed by atoms with Crippen LogP contribution in [0.3, 0.4) is 0 Å². The number of nitro groups is 1. The molecule has 0 fully saturated rings. The summed E-state index contributed by atoms with van der Waals surface area (Å²) in [7, 11) is 0. The molecular formula is C19H12BrCl3N6O4. The zero-order valence-corrected chi connectivity index (χ0v) is 20.2. The van der Waals surface area contributed by atoms with E-state index < -0.39 is 10.8 Å². The van der Waals surface area contributed by atoms with Crippen molar-refractivity contribution in [3.8, 4) is 0 Å². The quantitative estimate of drug-likeness (QED) is 0.225. The molecule has 0 aliphatic rings. The van der Waals surface area contributed by atoms with E-state index in [9.17, 15) is 14.9 Å². The number of rotatable bonds is 7. The molecule has 1 aromatic carbocycles. The van der Waals surface area contributed by atoms with Crippen molar-refractivity contribution in [1.82, 2.24) is 19.6 Å². The van der Waals surface area contributed by atoms with E-state index in [-0.39, 0.29) is 33.4 Å². The minimum absolute atomic E-state index is 0.0112. The molecule has 0 radical (unpaired) electrons. The van der Waals surface area contributed by atoms with Crippen molar-refractivity contribution in [3.05, 3.63) is 89.5 Å². The van der Waals surface area contributed by atoms with Crippen LogP contribution >= 0.6 is 50.7 Å². The highest BCUT2D eigenvalue weighted by Gasteiger charge is 2.20. The molecule has 3 heterocycles. The van der Waals surface area contributed by atoms with Crippen molar-refractivity contribution in [3.63, 3.8) is 0 Å². The first-order valence-corrected chi connectivity index (χ1v) is 11.1. The molecule has 10 nitrogen and oxygen atoms in total. The molecule has 170 valence electrons. The fourth-order valence-electron chi connectivity index (χ4n) is 2.89. The number of halogens is 4. The number of aromatic nitrogens is 4. The summed E-state index contributed by atoms with van der Waals surface area (Å²) >= 11 is 21.4. The van der Waals surface area contributed by atoms with Gasteiger partial charge in [-0.15, -0.1) is 0 Å². The molecule has 4 aromatic rings. The molecule has 0 saturated heterocycles. The molecule has 0 aliphatic heterocycles. The number of carbonyl (C=O) groups excluding carboxylic acids is 1. The second kappa shape index (κ2) is 9.56. The molecule has 4 rings (SSSR count). The summed E-state index contributed by atoms with van der Waals surface area (Å²) in [5, 5.41) is 22.9. The van der Waals surface area contributed by atoms with Crippen LogP contribution in [0.25, 0.3) is 0 Å². The van der Waals surface area contributed by atoms with Gasteiger partial charge in [-0.3, -0.25) is 9.48 Å². The third kappa shape index (κ3) is 5.38. The summed E-state index contributed by atoms with van der Waals surface area (Å²) in [5.41, 5.74) is 0.777. The first kappa shape index (κ1) is 23.3. The van der Waals surface area contributed by atoms with Gasteiger partial charge in [-0.25, -0.2) is 0 Å². The van der Waals surface area contributed by atoms with Crippen LogP contribution in [0.5, 0.6) is 0 Å². The van der Waals surface area contributed by atoms with Crippen LogP contribution in [0.1, 0.15) is 21.9 Å². The molecular weight excluding hydrogens is 563 g/mol. The van der Waals surface area contributed by atoms with Crippen molar-refractivity contribution < 1.29 is 14.1 Å². The van der Waals surface area contributed by atoms with Crippen LogP contribution in [-0.2, 0) is 13.1 Å². The first-order valence-electron chi connectivity index (χ1n) is 9.14. The Kier molecular flexibility index (Phi) is 6.75. The van der Waals surface area contributed by atoms with E-state index in [1.165, 1.54) is 21.6 Å². The lowest BCUT2D eigenvalue weighted by molar-refractivity contribution is -0.390. The predicted octanol–water partition coefficient (Wildman–Crippen LogP) is 5.65. The van der Waals surface area contributed by atoms with Gasteiger partial charge in [0, 0.05) is 16.2 Å². The van der Waals surface area contributed by atoms with E-state index in [0.29, 0.717) is 22.4 Å². The van der Waals surface area contributed by atoms with Gasteiger partial charge in [0.25, 0.3) is 5.91 Å². The lowest BCUT2D eigenvalue weighted by atomic mass is 10.2. The van der Waals surface area contributed by atoms with Crippen molar-refractivity contribution >= 4 is 68.3 Å². The van der Waals surface area contributed by atoms with E-state index in [1.54, 1.807) is 30.5 Å². The molecule has 0 spiro atoms. The Morgan fingerprint density at radius 3 is 2.55 bits per heavy atom. The van der Waals surface area contributed by atoms with E-state index in [2.05, 4.69) is 31.4 Å². The van der Waals surface area contributed by atoms with Crippen molar-refractivity contribution in [2.75, 3.05) is 5.32 Å². The Labute approximate surface area is 209 Å². The van der Waals surface area contributed by atoms with E-state index in [1.807, 2.05) is 0 Å². The fraction of sp³-hybridized carbons (Fsp3) is 0.105. The molecule has 0 atom stereocenters. The van der Waals surface area contributed by atoms with Crippen LogP contribution in [0.4, 0.5) is 11.6 Å². The normalized spacial score (nSPS) is 11.0. The minimum atomic E-state index is -0.606. The lowest BCUT2D eigenvalue weighted by Gasteiger charge is -2.05. The Morgan fingerprint density at radius 1 is 1.09 bits per heavy atom. The van der Waals surface area contributed by atoms with Gasteiger partial charge in [0.05, 0.1) is 17.8 Å². The zero-order valence-electron chi connectivity index (χ0n) is 16.3. The Bertz CT molecular complexity index is 1370. The number of nitrogens with one attached hydrogen (secondary N) is 1. The topological polar surface area (TPSA) is 121 Å². The maximum atomic E-state index is 12.6. The fourth-order valence-corrected chi connectivity index (χ4v) is 4.02. The number of anilines is 1. The number of benzene rings is 1. The van der Waals surface area contributed by atoms with Crippen molar-refractivity contribution in [2.24, 2.45) is 0 Å². The van der Waals surface area contributed by atoms with E-state index in [4.69, 9.17) is 39.2 Å². The van der Waals surface area contributed by atoms with E-state index in [0.717, 1.165) is 5.56 Å². The van der Waals surface area contributed by atoms with Crippen molar-refractivity contribution in [1.29, 1.82) is 0 Å². The molecule has 0 saturated carbocycles. The Balaban J connectivity index is 1.43. The van der Waals surface area contributed by atoms with Crippen LogP contribution in [-0.4, -0.2) is 30.4 Å². The number of nitrogens with zero attached hydrogens (tertiary/aromatic N) is 5. The SMILES string of the molecule is O=C(Nc1nn(Cc2ccc(Cl)cc2Cl)cc1Cl)c1ccc(Cn2cc(Br)c([N+](=O)[O-])n2)o1. The van der Waals surface area contributed by atoms with Crippen LogP contribution in [0.15, 0.2) is 51.6 Å². The van der Waals surface area contributed by atoms with Gasteiger partial charge in [0.15, 0.2) is 11.6 Å². The van der Waals surface area contributed by atoms with Crippen molar-refractivity contribution in [2.45, 2.75) is 13.1 Å². The summed E-state index contributed by atoms with van der Waals surface area (Å²) in [6, 6.07) is 8.15. The van der Waals surface area contributed by atoms with Gasteiger partial charge >= 0.3 is 5.82 Å². The average molecular weight is 575 g/mol. The van der Waals surface area contributed by atoms with Gasteiger partial charge in [-0.2, -0.15) is 9.78 Å². The maximum Gasteiger partial charge on any atom is 0.404 e. The number of amides is 1. The van der Waals surface area contributed by atoms with Gasteiger partial charge in [-0.1, -0.05) is 40.9 Å². The molecule has 0 unspecified atom stereocenters. The highest BCUT2D eigenvalue weighted by atomic mass is 79.9. The van der Waals surface area contributed by atoms with Gasteiger partial charge in [0.2, 0.25) is 0 Å². The molecule has 14 heteroatoms. The van der Waals surface area contributed by atoms with Crippen LogP contribution < -0.4 is 5.32 Å². The summed E-state index contributed by atoms with van der Waals surface area (Å²) in [5.74, 6) is -0.345. The molecule has 0 aliphatic carbocycles. The molecule has 1 amide bonds. The number of hydrogen-bond acceptors (Lipinski definition) is 6. The summed E-state index contributed by atoms with van der Waals surface area (Å²) in [6.45, 7) is 0.416. The summed E-state index contributed by atoms with van der Waals surface area (Å²) in [4.78, 5) is 22.9. The molecule has 1 N–H and O–H groups in total.